The van der Waals surface area contributed by atoms with Gasteiger partial charge in [0.25, 0.3) is 0 Å². The molecule has 8 heteroatoms. The van der Waals surface area contributed by atoms with Crippen LogP contribution in [0.5, 0.6) is 5.75 Å². The number of furan rings is 1. The highest BCUT2D eigenvalue weighted by Gasteiger charge is 2.13. The van der Waals surface area contributed by atoms with Crippen LogP contribution in [0, 0.1) is 0 Å². The van der Waals surface area contributed by atoms with Gasteiger partial charge in [-0.05, 0) is 48.5 Å². The first-order chi connectivity index (χ1) is 12.7. The first-order valence-corrected chi connectivity index (χ1v) is 8.79. The maximum atomic E-state index is 12.4. The zero-order valence-corrected chi connectivity index (χ0v) is 14.6. The predicted molar refractivity (Wildman–Crippen MR) is 96.5 cm³/mol. The van der Waals surface area contributed by atoms with Crippen LogP contribution in [0.2, 0.25) is 0 Å². The van der Waals surface area contributed by atoms with Crippen LogP contribution >= 0.6 is 11.8 Å². The minimum atomic E-state index is -0.00316. The van der Waals surface area contributed by atoms with E-state index in [0.29, 0.717) is 33.6 Å². The van der Waals surface area contributed by atoms with Crippen LogP contribution in [0.3, 0.4) is 0 Å². The fourth-order valence-corrected chi connectivity index (χ4v) is 3.19. The molecule has 0 unspecified atom stereocenters. The molecule has 1 aromatic carbocycles. The van der Waals surface area contributed by atoms with Gasteiger partial charge in [0, 0.05) is 5.56 Å². The van der Waals surface area contributed by atoms with Crippen molar-refractivity contribution in [2.75, 3.05) is 12.9 Å². The van der Waals surface area contributed by atoms with Crippen LogP contribution in [-0.4, -0.2) is 38.5 Å². The Kier molecular flexibility index (Phi) is 4.40. The summed E-state index contributed by atoms with van der Waals surface area (Å²) in [6.45, 7) is 0. The molecule has 0 aliphatic carbocycles. The predicted octanol–water partition coefficient (Wildman–Crippen LogP) is 3.37. The number of thioether (sulfide) groups is 1. The lowest BCUT2D eigenvalue weighted by molar-refractivity contribution is 0.102. The molecule has 0 aliphatic heterocycles. The van der Waals surface area contributed by atoms with Gasteiger partial charge in [-0.25, -0.2) is 0 Å². The monoisotopic (exact) mass is 366 g/mol. The average Bonchev–Trinajstić information content (AvgIpc) is 3.35. The number of carbonyl (C=O) groups excluding carboxylic acids is 1. The summed E-state index contributed by atoms with van der Waals surface area (Å²) in [5.41, 5.74) is 1.90. The quantitative estimate of drug-likeness (QED) is 0.382. The molecule has 130 valence electrons. The number of Topliss-reactive ketones (excluding diaryl/α,β-unsaturated/α-hetero) is 1. The van der Waals surface area contributed by atoms with Gasteiger partial charge in [0.15, 0.2) is 17.2 Å². The Morgan fingerprint density at radius 2 is 2.00 bits per heavy atom. The third kappa shape index (κ3) is 3.18. The molecule has 0 saturated carbocycles. The van der Waals surface area contributed by atoms with Gasteiger partial charge in [-0.2, -0.15) is 9.61 Å². The summed E-state index contributed by atoms with van der Waals surface area (Å²) in [4.78, 5) is 12.4. The Bertz CT molecular complexity index is 1040. The van der Waals surface area contributed by atoms with Gasteiger partial charge in [-0.1, -0.05) is 11.8 Å². The maximum absolute atomic E-state index is 12.4. The van der Waals surface area contributed by atoms with Gasteiger partial charge in [0.1, 0.15) is 11.4 Å². The minimum absolute atomic E-state index is 0.00316. The largest absolute Gasteiger partial charge is 0.497 e. The molecule has 0 N–H and O–H groups in total. The molecular formula is C18H14N4O3S. The van der Waals surface area contributed by atoms with Gasteiger partial charge < -0.3 is 9.15 Å². The lowest BCUT2D eigenvalue weighted by Crippen LogP contribution is -2.04. The van der Waals surface area contributed by atoms with E-state index < -0.39 is 0 Å². The standard InChI is InChI=1S/C18H14N4O3S/c1-24-13-6-4-12(5-7-13)15(23)11-26-18-20-19-17-9-8-14(21-22(17)18)16-3-2-10-25-16/h2-10H,11H2,1H3. The Morgan fingerprint density at radius 1 is 1.15 bits per heavy atom. The van der Waals surface area contributed by atoms with Crippen molar-refractivity contribution < 1.29 is 13.9 Å². The number of ketones is 1. The van der Waals surface area contributed by atoms with Crippen molar-refractivity contribution in [3.63, 3.8) is 0 Å². The van der Waals surface area contributed by atoms with Gasteiger partial charge in [-0.3, -0.25) is 4.79 Å². The van der Waals surface area contributed by atoms with Crippen LogP contribution in [0.4, 0.5) is 0 Å². The SMILES string of the molecule is COc1ccc(C(=O)CSc2nnc3ccc(-c4ccco4)nn23)cc1. The molecule has 26 heavy (non-hydrogen) atoms. The Labute approximate surface area is 153 Å². The number of benzene rings is 1. The van der Waals surface area contributed by atoms with E-state index >= 15 is 0 Å². The Balaban J connectivity index is 1.53. The highest BCUT2D eigenvalue weighted by atomic mass is 32.2. The van der Waals surface area contributed by atoms with E-state index in [1.807, 2.05) is 18.2 Å². The van der Waals surface area contributed by atoms with Crippen molar-refractivity contribution in [1.29, 1.82) is 0 Å². The summed E-state index contributed by atoms with van der Waals surface area (Å²) < 4.78 is 12.1. The van der Waals surface area contributed by atoms with Crippen LogP contribution in [0.15, 0.2) is 64.4 Å². The molecule has 0 fully saturated rings. The normalized spacial score (nSPS) is 11.0. The summed E-state index contributed by atoms with van der Waals surface area (Å²) in [7, 11) is 1.59. The Morgan fingerprint density at radius 3 is 2.73 bits per heavy atom. The molecule has 4 rings (SSSR count). The third-order valence-electron chi connectivity index (χ3n) is 3.75. The molecule has 0 radical (unpaired) electrons. The molecule has 0 atom stereocenters. The third-order valence-corrected chi connectivity index (χ3v) is 4.67. The minimum Gasteiger partial charge on any atom is -0.497 e. The van der Waals surface area contributed by atoms with Gasteiger partial charge in [0.2, 0.25) is 5.16 Å². The smallest absolute Gasteiger partial charge is 0.212 e. The van der Waals surface area contributed by atoms with Gasteiger partial charge >= 0.3 is 0 Å². The molecule has 3 heterocycles. The molecule has 0 saturated heterocycles. The number of aromatic nitrogens is 4. The van der Waals surface area contributed by atoms with Gasteiger partial charge in [-0.15, -0.1) is 10.2 Å². The maximum Gasteiger partial charge on any atom is 0.212 e. The Hall–Kier alpha value is -3.13. The lowest BCUT2D eigenvalue weighted by Gasteiger charge is -2.03. The van der Waals surface area contributed by atoms with Crippen molar-refractivity contribution in [3.05, 3.63) is 60.4 Å². The highest BCUT2D eigenvalue weighted by Crippen LogP contribution is 2.22. The topological polar surface area (TPSA) is 82.5 Å². The van der Waals surface area contributed by atoms with Crippen molar-refractivity contribution in [3.8, 4) is 17.2 Å². The fraction of sp³-hybridized carbons (Fsp3) is 0.111. The molecule has 0 aliphatic rings. The zero-order valence-electron chi connectivity index (χ0n) is 13.8. The number of methoxy groups -OCH3 is 1. The first kappa shape index (κ1) is 16.3. The second-order valence-corrected chi connectivity index (χ2v) is 6.33. The van der Waals surface area contributed by atoms with Crippen molar-refractivity contribution >= 4 is 23.2 Å². The average molecular weight is 366 g/mol. The number of nitrogens with zero attached hydrogens (tertiary/aromatic N) is 4. The summed E-state index contributed by atoms with van der Waals surface area (Å²) >= 11 is 1.29. The number of hydrogen-bond acceptors (Lipinski definition) is 7. The first-order valence-electron chi connectivity index (χ1n) is 7.81. The van der Waals surface area contributed by atoms with E-state index in [9.17, 15) is 4.79 Å². The molecular weight excluding hydrogens is 352 g/mol. The van der Waals surface area contributed by atoms with E-state index in [4.69, 9.17) is 9.15 Å². The molecule has 7 nitrogen and oxygen atoms in total. The number of carbonyl (C=O) groups is 1. The summed E-state index contributed by atoms with van der Waals surface area (Å²) in [5.74, 6) is 1.61. The van der Waals surface area contributed by atoms with Crippen LogP contribution in [-0.2, 0) is 0 Å². The number of ether oxygens (including phenoxy) is 1. The van der Waals surface area contributed by atoms with Crippen molar-refractivity contribution in [1.82, 2.24) is 19.8 Å². The van der Waals surface area contributed by atoms with Crippen LogP contribution < -0.4 is 4.74 Å². The number of hydrogen-bond donors (Lipinski definition) is 0. The fourth-order valence-electron chi connectivity index (χ4n) is 2.41. The summed E-state index contributed by atoms with van der Waals surface area (Å²) in [6, 6.07) is 14.3. The molecule has 0 amide bonds. The molecule has 0 bridgehead atoms. The zero-order chi connectivity index (χ0) is 17.9. The number of fused-ring (bicyclic) bond motifs is 1. The van der Waals surface area contributed by atoms with E-state index in [1.54, 1.807) is 48.2 Å². The van der Waals surface area contributed by atoms with Crippen molar-refractivity contribution in [2.45, 2.75) is 5.16 Å². The molecule has 3 aromatic heterocycles. The van der Waals surface area contributed by atoms with Crippen LogP contribution in [0.1, 0.15) is 10.4 Å². The highest BCUT2D eigenvalue weighted by molar-refractivity contribution is 7.99. The molecule has 4 aromatic rings. The summed E-state index contributed by atoms with van der Waals surface area (Å²) in [5, 5.41) is 13.3. The summed E-state index contributed by atoms with van der Waals surface area (Å²) in [6.07, 6.45) is 1.59. The van der Waals surface area contributed by atoms with E-state index in [1.165, 1.54) is 11.8 Å². The second kappa shape index (κ2) is 7.01. The van der Waals surface area contributed by atoms with E-state index in [-0.39, 0.29) is 11.5 Å². The second-order valence-electron chi connectivity index (χ2n) is 5.39. The van der Waals surface area contributed by atoms with E-state index in [0.717, 1.165) is 0 Å². The van der Waals surface area contributed by atoms with Crippen LogP contribution in [0.25, 0.3) is 17.1 Å². The molecule has 0 spiro atoms. The van der Waals surface area contributed by atoms with E-state index in [2.05, 4.69) is 15.3 Å². The number of rotatable bonds is 6. The van der Waals surface area contributed by atoms with Gasteiger partial charge in [0.05, 0.1) is 19.1 Å². The lowest BCUT2D eigenvalue weighted by atomic mass is 10.1. The van der Waals surface area contributed by atoms with Crippen molar-refractivity contribution in [2.24, 2.45) is 0 Å².